The monoisotopic (exact) mass is 637 g/mol. The molecule has 1 atom stereocenters. The minimum atomic E-state index is -4.20. The van der Waals surface area contributed by atoms with E-state index in [-0.39, 0.29) is 23.0 Å². The van der Waals surface area contributed by atoms with Crippen molar-refractivity contribution in [1.82, 2.24) is 10.2 Å². The summed E-state index contributed by atoms with van der Waals surface area (Å²) in [6.07, 6.45) is 1.68. The van der Waals surface area contributed by atoms with Crippen molar-refractivity contribution < 1.29 is 18.0 Å². The third-order valence-corrected chi connectivity index (χ3v) is 9.65. The Kier molecular flexibility index (Phi) is 11.5. The van der Waals surface area contributed by atoms with Crippen molar-refractivity contribution >= 4 is 62.3 Å². The Morgan fingerprint density at radius 1 is 0.927 bits per heavy atom. The first kappa shape index (κ1) is 32.7. The number of halogens is 3. The molecule has 0 radical (unpaired) electrons. The smallest absolute Gasteiger partial charge is 0.264 e. The van der Waals surface area contributed by atoms with Crippen molar-refractivity contribution in [3.05, 3.63) is 92.4 Å². The molecule has 0 aliphatic heterocycles. The van der Waals surface area contributed by atoms with Crippen molar-refractivity contribution in [2.24, 2.45) is 0 Å². The lowest BCUT2D eigenvalue weighted by Crippen LogP contribution is -2.51. The second-order valence-electron chi connectivity index (χ2n) is 9.80. The van der Waals surface area contributed by atoms with E-state index in [1.165, 1.54) is 17.0 Å². The molecule has 0 bridgehead atoms. The zero-order chi connectivity index (χ0) is 30.3. The van der Waals surface area contributed by atoms with Crippen molar-refractivity contribution in [1.29, 1.82) is 0 Å². The van der Waals surface area contributed by atoms with Gasteiger partial charge >= 0.3 is 0 Å². The fraction of sp³-hybridized carbons (Fsp3) is 0.333. The Hall–Kier alpha value is -2.78. The first-order chi connectivity index (χ1) is 19.4. The van der Waals surface area contributed by atoms with Gasteiger partial charge in [-0.1, -0.05) is 78.0 Å². The summed E-state index contributed by atoms with van der Waals surface area (Å²) in [4.78, 5) is 28.5. The third kappa shape index (κ3) is 8.16. The predicted molar refractivity (Wildman–Crippen MR) is 166 cm³/mol. The number of carbonyl (C=O) groups is 2. The lowest BCUT2D eigenvalue weighted by Gasteiger charge is -2.32. The van der Waals surface area contributed by atoms with Gasteiger partial charge in [-0.2, -0.15) is 0 Å². The number of anilines is 1. The minimum Gasteiger partial charge on any atom is -0.354 e. The van der Waals surface area contributed by atoms with Crippen LogP contribution in [0.1, 0.15) is 43.4 Å². The topological polar surface area (TPSA) is 86.8 Å². The Morgan fingerprint density at radius 2 is 1.61 bits per heavy atom. The van der Waals surface area contributed by atoms with Crippen LogP contribution in [0.25, 0.3) is 0 Å². The Morgan fingerprint density at radius 3 is 2.24 bits per heavy atom. The van der Waals surface area contributed by atoms with Crippen molar-refractivity contribution in [3.63, 3.8) is 0 Å². The largest absolute Gasteiger partial charge is 0.354 e. The fourth-order valence-electron chi connectivity index (χ4n) is 4.17. The number of amides is 2. The first-order valence-electron chi connectivity index (χ1n) is 13.2. The maximum absolute atomic E-state index is 14.0. The molecule has 3 aromatic rings. The van der Waals surface area contributed by atoms with Crippen LogP contribution in [0, 0.1) is 13.8 Å². The number of nitrogens with zero attached hydrogens (tertiary/aromatic N) is 2. The average Bonchev–Trinajstić information content (AvgIpc) is 2.93. The van der Waals surface area contributed by atoms with Crippen LogP contribution in [-0.4, -0.2) is 44.3 Å². The molecule has 41 heavy (non-hydrogen) atoms. The molecule has 0 unspecified atom stereocenters. The van der Waals surface area contributed by atoms with Crippen molar-refractivity contribution in [2.45, 2.75) is 58.0 Å². The molecule has 3 rings (SSSR count). The van der Waals surface area contributed by atoms with E-state index in [0.29, 0.717) is 32.7 Å². The molecule has 0 aliphatic carbocycles. The van der Waals surface area contributed by atoms with Gasteiger partial charge in [-0.15, -0.1) is 0 Å². The van der Waals surface area contributed by atoms with Gasteiger partial charge in [0.05, 0.1) is 20.6 Å². The lowest BCUT2D eigenvalue weighted by atomic mass is 10.1. The molecule has 1 N–H and O–H groups in total. The highest BCUT2D eigenvalue weighted by atomic mass is 35.5. The number of sulfonamides is 1. The van der Waals surface area contributed by atoms with E-state index in [2.05, 4.69) is 5.32 Å². The third-order valence-electron chi connectivity index (χ3n) is 6.73. The molecule has 0 aliphatic rings. The van der Waals surface area contributed by atoms with E-state index in [9.17, 15) is 18.0 Å². The summed E-state index contributed by atoms with van der Waals surface area (Å²) in [6.45, 7) is 7.07. The summed E-state index contributed by atoms with van der Waals surface area (Å²) >= 11 is 18.7. The first-order valence-corrected chi connectivity index (χ1v) is 15.8. The van der Waals surface area contributed by atoms with E-state index in [4.69, 9.17) is 34.8 Å². The fourth-order valence-corrected chi connectivity index (χ4v) is 6.13. The number of hydrogen-bond donors (Lipinski definition) is 1. The molecule has 2 amide bonds. The van der Waals surface area contributed by atoms with E-state index in [1.807, 2.05) is 13.8 Å². The highest BCUT2D eigenvalue weighted by Crippen LogP contribution is 2.31. The van der Waals surface area contributed by atoms with Crippen LogP contribution in [0.4, 0.5) is 5.69 Å². The number of rotatable bonds is 12. The van der Waals surface area contributed by atoms with Crippen LogP contribution in [-0.2, 0) is 26.2 Å². The highest BCUT2D eigenvalue weighted by Gasteiger charge is 2.33. The zero-order valence-electron chi connectivity index (χ0n) is 23.5. The maximum atomic E-state index is 14.0. The van der Waals surface area contributed by atoms with Gasteiger partial charge < -0.3 is 10.2 Å². The van der Waals surface area contributed by atoms with Gasteiger partial charge in [0, 0.05) is 18.1 Å². The molecule has 0 heterocycles. The molecular weight excluding hydrogens is 605 g/mol. The standard InChI is InChI=1S/C30H34Cl3N3O4S/c1-5-6-16-34-30(38)22(4)35(18-23-12-15-26(32)27(33)17-23)29(37)19-36(28-9-7-8-25(31)21(28)3)41(39,40)24-13-10-20(2)11-14-24/h7-15,17,22H,5-6,16,18-19H2,1-4H3,(H,34,38)/t22-/m1/s1. The molecule has 0 fully saturated rings. The maximum Gasteiger partial charge on any atom is 0.264 e. The van der Waals surface area contributed by atoms with Crippen LogP contribution >= 0.6 is 34.8 Å². The van der Waals surface area contributed by atoms with Gasteiger partial charge in [0.1, 0.15) is 12.6 Å². The number of carbonyl (C=O) groups excluding carboxylic acids is 2. The normalized spacial score (nSPS) is 12.1. The summed E-state index contributed by atoms with van der Waals surface area (Å²) in [5.74, 6) is -0.928. The SMILES string of the molecule is CCCCNC(=O)[C@@H](C)N(Cc1ccc(Cl)c(Cl)c1)C(=O)CN(c1cccc(Cl)c1C)S(=O)(=O)c1ccc(C)cc1. The second kappa shape index (κ2) is 14.4. The zero-order valence-corrected chi connectivity index (χ0v) is 26.5. The van der Waals surface area contributed by atoms with Gasteiger partial charge in [0.2, 0.25) is 11.8 Å². The molecule has 11 heteroatoms. The molecule has 220 valence electrons. The molecule has 0 saturated carbocycles. The van der Waals surface area contributed by atoms with E-state index in [1.54, 1.807) is 62.4 Å². The molecule has 0 spiro atoms. The van der Waals surface area contributed by atoms with Crippen molar-refractivity contribution in [2.75, 3.05) is 17.4 Å². The van der Waals surface area contributed by atoms with Crippen LogP contribution < -0.4 is 9.62 Å². The molecule has 3 aromatic carbocycles. The number of unbranched alkanes of at least 4 members (excludes halogenated alkanes) is 1. The summed E-state index contributed by atoms with van der Waals surface area (Å²) in [7, 11) is -4.20. The van der Waals surface area contributed by atoms with Gasteiger partial charge in [-0.05, 0) is 74.7 Å². The summed E-state index contributed by atoms with van der Waals surface area (Å²) in [5.41, 5.74) is 2.29. The minimum absolute atomic E-state index is 0.00499. The molecule has 0 saturated heterocycles. The van der Waals surface area contributed by atoms with Crippen LogP contribution in [0.15, 0.2) is 65.6 Å². The van der Waals surface area contributed by atoms with E-state index >= 15 is 0 Å². The summed E-state index contributed by atoms with van der Waals surface area (Å²) in [6, 6.07) is 15.3. The highest BCUT2D eigenvalue weighted by molar-refractivity contribution is 7.92. The van der Waals surface area contributed by atoms with Crippen LogP contribution in [0.5, 0.6) is 0 Å². The summed E-state index contributed by atoms with van der Waals surface area (Å²) < 4.78 is 29.0. The Bertz CT molecular complexity index is 1500. The van der Waals surface area contributed by atoms with Gasteiger partial charge in [0.15, 0.2) is 0 Å². The Balaban J connectivity index is 2.06. The molecule has 7 nitrogen and oxygen atoms in total. The number of aryl methyl sites for hydroxylation is 1. The van der Waals surface area contributed by atoms with Crippen LogP contribution in [0.3, 0.4) is 0 Å². The second-order valence-corrected chi connectivity index (χ2v) is 12.9. The van der Waals surface area contributed by atoms with E-state index < -0.39 is 28.5 Å². The predicted octanol–water partition coefficient (Wildman–Crippen LogP) is 6.79. The number of hydrogen-bond acceptors (Lipinski definition) is 4. The quantitative estimate of drug-likeness (QED) is 0.221. The Labute approximate surface area is 257 Å². The summed E-state index contributed by atoms with van der Waals surface area (Å²) in [5, 5.41) is 3.87. The number of nitrogens with one attached hydrogen (secondary N) is 1. The lowest BCUT2D eigenvalue weighted by molar-refractivity contribution is -0.139. The van der Waals surface area contributed by atoms with Gasteiger partial charge in [-0.25, -0.2) is 8.42 Å². The van der Waals surface area contributed by atoms with Crippen LogP contribution in [0.2, 0.25) is 15.1 Å². The van der Waals surface area contributed by atoms with E-state index in [0.717, 1.165) is 22.7 Å². The average molecular weight is 639 g/mol. The van der Waals surface area contributed by atoms with Gasteiger partial charge in [0.25, 0.3) is 10.0 Å². The van der Waals surface area contributed by atoms with Crippen molar-refractivity contribution in [3.8, 4) is 0 Å². The van der Waals surface area contributed by atoms with Gasteiger partial charge in [-0.3, -0.25) is 13.9 Å². The molecular formula is C30H34Cl3N3O4S. The molecule has 0 aromatic heterocycles. The number of benzene rings is 3.